The van der Waals surface area contributed by atoms with Crippen LogP contribution in [0.1, 0.15) is 18.4 Å². The normalized spacial score (nSPS) is 15.4. The van der Waals surface area contributed by atoms with Crippen molar-refractivity contribution in [1.82, 2.24) is 5.32 Å². The summed E-state index contributed by atoms with van der Waals surface area (Å²) in [5, 5.41) is 16.8. The molecule has 1 heterocycles. The fraction of sp³-hybridized carbons (Fsp3) is 0.208. The molecule has 2 aromatic rings. The van der Waals surface area contributed by atoms with Gasteiger partial charge in [0.25, 0.3) is 0 Å². The molecule has 0 spiro atoms. The summed E-state index contributed by atoms with van der Waals surface area (Å²) in [6, 6.07) is 16.3. The maximum Gasteiger partial charge on any atom is 0.336 e. The maximum absolute atomic E-state index is 12.6. The van der Waals surface area contributed by atoms with Crippen molar-refractivity contribution < 1.29 is 19.1 Å². The van der Waals surface area contributed by atoms with E-state index in [9.17, 15) is 14.9 Å². The van der Waals surface area contributed by atoms with Gasteiger partial charge in [0.2, 0.25) is 5.91 Å². The predicted octanol–water partition coefficient (Wildman–Crippen LogP) is 4.59. The molecule has 9 heteroatoms. The Bertz CT molecular complexity index is 1190. The van der Waals surface area contributed by atoms with Gasteiger partial charge in [0.05, 0.1) is 48.1 Å². The third-order valence-corrected chi connectivity index (χ3v) is 6.33. The molecule has 1 aliphatic rings. The third kappa shape index (κ3) is 5.51. The number of halogens is 1. The highest BCUT2D eigenvalue weighted by atomic mass is 35.5. The summed E-state index contributed by atoms with van der Waals surface area (Å²) in [5.41, 5.74) is 2.32. The van der Waals surface area contributed by atoms with Gasteiger partial charge in [-0.2, -0.15) is 5.26 Å². The average Bonchev–Trinajstić information content (AvgIpc) is 2.82. The number of rotatable bonds is 7. The van der Waals surface area contributed by atoms with Gasteiger partial charge in [-0.3, -0.25) is 4.79 Å². The molecule has 2 aromatic carbocycles. The Morgan fingerprint density at radius 3 is 2.64 bits per heavy atom. The van der Waals surface area contributed by atoms with Crippen molar-refractivity contribution in [2.24, 2.45) is 0 Å². The number of nitriles is 1. The second-order valence-electron chi connectivity index (χ2n) is 7.03. The van der Waals surface area contributed by atoms with Gasteiger partial charge in [0.1, 0.15) is 5.75 Å². The van der Waals surface area contributed by atoms with Gasteiger partial charge in [-0.1, -0.05) is 47.6 Å². The number of dihydropyridines is 1. The fourth-order valence-corrected chi connectivity index (χ4v) is 4.60. The lowest BCUT2D eigenvalue weighted by Crippen LogP contribution is -2.29. The lowest BCUT2D eigenvalue weighted by Gasteiger charge is -2.29. The van der Waals surface area contributed by atoms with E-state index in [-0.39, 0.29) is 17.2 Å². The highest BCUT2D eigenvalue weighted by Gasteiger charge is 2.36. The number of nitrogens with zero attached hydrogens (tertiary/aromatic N) is 1. The van der Waals surface area contributed by atoms with Crippen LogP contribution in [0.4, 0.5) is 5.69 Å². The Hall–Kier alpha value is -3.41. The lowest BCUT2D eigenvalue weighted by molar-refractivity contribution is -0.136. The van der Waals surface area contributed by atoms with E-state index in [2.05, 4.69) is 16.7 Å². The topological polar surface area (TPSA) is 100 Å². The predicted molar refractivity (Wildman–Crippen MR) is 129 cm³/mol. The largest absolute Gasteiger partial charge is 0.497 e. The summed E-state index contributed by atoms with van der Waals surface area (Å²) in [5.74, 6) is -0.864. The maximum atomic E-state index is 12.6. The molecule has 0 aromatic heterocycles. The molecule has 0 bridgehead atoms. The van der Waals surface area contributed by atoms with Gasteiger partial charge in [-0.25, -0.2) is 4.79 Å². The molecule has 1 amide bonds. The number of thioether (sulfide) groups is 1. The van der Waals surface area contributed by atoms with Crippen LogP contribution in [0.2, 0.25) is 5.02 Å². The summed E-state index contributed by atoms with van der Waals surface area (Å²) in [4.78, 5) is 25.1. The number of amides is 1. The van der Waals surface area contributed by atoms with E-state index in [0.29, 0.717) is 38.3 Å². The molecule has 1 aliphatic heterocycles. The number of hydrogen-bond donors (Lipinski definition) is 2. The van der Waals surface area contributed by atoms with E-state index in [4.69, 9.17) is 21.1 Å². The Morgan fingerprint density at radius 2 is 1.97 bits per heavy atom. The molecule has 33 heavy (non-hydrogen) atoms. The minimum absolute atomic E-state index is 0.0425. The summed E-state index contributed by atoms with van der Waals surface area (Å²) in [7, 11) is 2.84. The Kier molecular flexibility index (Phi) is 8.04. The van der Waals surface area contributed by atoms with Crippen LogP contribution in [-0.2, 0) is 14.3 Å². The van der Waals surface area contributed by atoms with Crippen LogP contribution in [0.15, 0.2) is 70.4 Å². The van der Waals surface area contributed by atoms with E-state index in [1.165, 1.54) is 18.9 Å². The van der Waals surface area contributed by atoms with Crippen LogP contribution < -0.4 is 15.4 Å². The number of anilines is 1. The highest BCUT2D eigenvalue weighted by molar-refractivity contribution is 8.03. The number of esters is 1. The minimum atomic E-state index is -0.721. The van der Waals surface area contributed by atoms with Gasteiger partial charge < -0.3 is 20.1 Å². The number of allylic oxidation sites excluding steroid dienone is 2. The van der Waals surface area contributed by atoms with Gasteiger partial charge in [-0.15, -0.1) is 0 Å². The lowest BCUT2D eigenvalue weighted by atomic mass is 9.82. The Balaban J connectivity index is 1.89. The number of benzene rings is 2. The number of carbonyl (C=O) groups excluding carboxylic acids is 2. The Labute approximate surface area is 201 Å². The molecular formula is C24H22ClN3O4S. The number of methoxy groups -OCH3 is 2. The standard InChI is InChI=1S/C24H22ClN3O4S/c1-14-21(24(30)32-3)22(17-9-4-5-10-19(17)25)18(12-26)23(27-14)33-13-20(29)28-15-7-6-8-16(11-15)31-2/h4-11,22,27H,13H2,1-3H3,(H,28,29). The zero-order chi connectivity index (χ0) is 24.0. The first-order valence-corrected chi connectivity index (χ1v) is 11.3. The van der Waals surface area contributed by atoms with Crippen molar-refractivity contribution in [3.63, 3.8) is 0 Å². The molecule has 0 fully saturated rings. The van der Waals surface area contributed by atoms with Crippen LogP contribution >= 0.6 is 23.4 Å². The van der Waals surface area contributed by atoms with Crippen LogP contribution in [0.25, 0.3) is 0 Å². The third-order valence-electron chi connectivity index (χ3n) is 4.97. The highest BCUT2D eigenvalue weighted by Crippen LogP contribution is 2.43. The first-order valence-electron chi connectivity index (χ1n) is 9.91. The van der Waals surface area contributed by atoms with E-state index < -0.39 is 11.9 Å². The molecule has 0 saturated carbocycles. The van der Waals surface area contributed by atoms with Crippen LogP contribution in [0.3, 0.4) is 0 Å². The molecule has 1 atom stereocenters. The summed E-state index contributed by atoms with van der Waals surface area (Å²) in [6.07, 6.45) is 0. The smallest absolute Gasteiger partial charge is 0.336 e. The quantitative estimate of drug-likeness (QED) is 0.555. The first-order chi connectivity index (χ1) is 15.9. The second-order valence-corrected chi connectivity index (χ2v) is 8.43. The fourth-order valence-electron chi connectivity index (χ4n) is 3.46. The number of ether oxygens (including phenoxy) is 2. The van der Waals surface area contributed by atoms with E-state index in [1.54, 1.807) is 62.6 Å². The number of hydrogen-bond acceptors (Lipinski definition) is 7. The first kappa shape index (κ1) is 24.2. The number of nitrogens with one attached hydrogen (secondary N) is 2. The molecule has 2 N–H and O–H groups in total. The Morgan fingerprint density at radius 1 is 1.21 bits per heavy atom. The van der Waals surface area contributed by atoms with Crippen LogP contribution in [0.5, 0.6) is 5.75 Å². The summed E-state index contributed by atoms with van der Waals surface area (Å²) in [6.45, 7) is 1.72. The van der Waals surface area contributed by atoms with Crippen LogP contribution in [0, 0.1) is 11.3 Å². The monoisotopic (exact) mass is 483 g/mol. The van der Waals surface area contributed by atoms with Crippen molar-refractivity contribution in [1.29, 1.82) is 5.26 Å². The van der Waals surface area contributed by atoms with Gasteiger partial charge in [-0.05, 0) is 30.7 Å². The van der Waals surface area contributed by atoms with Crippen molar-refractivity contribution >= 4 is 40.9 Å². The molecule has 0 saturated heterocycles. The molecule has 0 aliphatic carbocycles. The summed E-state index contributed by atoms with van der Waals surface area (Å²) >= 11 is 7.59. The van der Waals surface area contributed by atoms with Crippen molar-refractivity contribution in [2.45, 2.75) is 12.8 Å². The van der Waals surface area contributed by atoms with Gasteiger partial charge in [0.15, 0.2) is 0 Å². The minimum Gasteiger partial charge on any atom is -0.497 e. The average molecular weight is 484 g/mol. The molecular weight excluding hydrogens is 462 g/mol. The zero-order valence-corrected chi connectivity index (χ0v) is 19.8. The van der Waals surface area contributed by atoms with E-state index >= 15 is 0 Å². The van der Waals surface area contributed by atoms with E-state index in [1.807, 2.05) is 0 Å². The van der Waals surface area contributed by atoms with Gasteiger partial charge >= 0.3 is 5.97 Å². The van der Waals surface area contributed by atoms with Crippen molar-refractivity contribution in [3.8, 4) is 11.8 Å². The van der Waals surface area contributed by atoms with Crippen LogP contribution in [-0.4, -0.2) is 31.8 Å². The molecule has 3 rings (SSSR count). The summed E-state index contributed by atoms with van der Waals surface area (Å²) < 4.78 is 10.1. The molecule has 1 unspecified atom stereocenters. The van der Waals surface area contributed by atoms with Crippen molar-refractivity contribution in [2.75, 3.05) is 25.3 Å². The molecule has 7 nitrogen and oxygen atoms in total. The van der Waals surface area contributed by atoms with E-state index in [0.717, 1.165) is 0 Å². The number of carbonyl (C=O) groups is 2. The zero-order valence-electron chi connectivity index (χ0n) is 18.3. The van der Waals surface area contributed by atoms with Crippen molar-refractivity contribution in [3.05, 3.63) is 81.0 Å². The van der Waals surface area contributed by atoms with Gasteiger partial charge in [0, 0.05) is 22.5 Å². The molecule has 0 radical (unpaired) electrons. The second kappa shape index (κ2) is 10.9. The molecule has 170 valence electrons. The SMILES string of the molecule is COC(=O)C1=C(C)NC(SCC(=O)Nc2cccc(OC)c2)=C(C#N)C1c1ccccc1Cl.